The Morgan fingerprint density at radius 2 is 1.93 bits per heavy atom. The monoisotopic (exact) mass is 384 g/mol. The van der Waals surface area contributed by atoms with Crippen molar-refractivity contribution >= 4 is 17.6 Å². The molecule has 0 bridgehead atoms. The van der Waals surface area contributed by atoms with E-state index in [1.807, 2.05) is 30.3 Å². The number of benzene rings is 2. The standard InChI is InChI=1S/C20H17ClN2O4/c1-2-25-20(24)17-10-16(22-23-17)13-5-3-12(4-6-13)7-14-8-18-19(9-15(14)21)27-11-26-18/h3-6,8-10H,2,7,11H2,1H3,(H,22,23). The topological polar surface area (TPSA) is 73.4 Å². The largest absolute Gasteiger partial charge is 0.461 e. The van der Waals surface area contributed by atoms with Crippen molar-refractivity contribution in [2.45, 2.75) is 13.3 Å². The van der Waals surface area contributed by atoms with Crippen molar-refractivity contribution in [1.82, 2.24) is 10.2 Å². The summed E-state index contributed by atoms with van der Waals surface area (Å²) in [5, 5.41) is 7.52. The van der Waals surface area contributed by atoms with Gasteiger partial charge in [0.2, 0.25) is 6.79 Å². The van der Waals surface area contributed by atoms with Crippen molar-refractivity contribution < 1.29 is 19.0 Å². The number of halogens is 1. The van der Waals surface area contributed by atoms with Crippen LogP contribution in [0.1, 0.15) is 28.5 Å². The first kappa shape index (κ1) is 17.4. The molecule has 1 aliphatic rings. The molecule has 0 aliphatic carbocycles. The number of fused-ring (bicyclic) bond motifs is 1. The zero-order valence-corrected chi connectivity index (χ0v) is 15.4. The fourth-order valence-corrected chi connectivity index (χ4v) is 3.12. The second-order valence-electron chi connectivity index (χ2n) is 6.06. The van der Waals surface area contributed by atoms with Crippen molar-refractivity contribution in [3.05, 3.63) is 64.3 Å². The minimum atomic E-state index is -0.436. The predicted octanol–water partition coefficient (Wildman–Crippen LogP) is 4.23. The van der Waals surface area contributed by atoms with Crippen LogP contribution in [0.3, 0.4) is 0 Å². The molecule has 27 heavy (non-hydrogen) atoms. The van der Waals surface area contributed by atoms with Crippen LogP contribution >= 0.6 is 11.6 Å². The lowest BCUT2D eigenvalue weighted by Gasteiger charge is -2.07. The number of carbonyl (C=O) groups excluding carboxylic acids is 1. The Bertz CT molecular complexity index is 982. The maximum atomic E-state index is 11.7. The van der Waals surface area contributed by atoms with Gasteiger partial charge in [0.1, 0.15) is 0 Å². The molecule has 0 fully saturated rings. The van der Waals surface area contributed by atoms with Gasteiger partial charge in [0.25, 0.3) is 0 Å². The van der Waals surface area contributed by atoms with Gasteiger partial charge in [0.15, 0.2) is 17.2 Å². The molecule has 3 aromatic rings. The maximum absolute atomic E-state index is 11.7. The molecule has 2 aromatic carbocycles. The van der Waals surface area contributed by atoms with Gasteiger partial charge in [0, 0.05) is 11.1 Å². The van der Waals surface area contributed by atoms with Gasteiger partial charge < -0.3 is 14.2 Å². The van der Waals surface area contributed by atoms with E-state index in [2.05, 4.69) is 10.2 Å². The molecule has 0 radical (unpaired) electrons. The molecule has 0 saturated carbocycles. The molecule has 0 saturated heterocycles. The summed E-state index contributed by atoms with van der Waals surface area (Å²) in [4.78, 5) is 11.7. The summed E-state index contributed by atoms with van der Waals surface area (Å²) in [5.74, 6) is 0.958. The van der Waals surface area contributed by atoms with Crippen molar-refractivity contribution in [3.8, 4) is 22.8 Å². The number of hydrogen-bond acceptors (Lipinski definition) is 5. The van der Waals surface area contributed by atoms with E-state index in [4.69, 9.17) is 25.8 Å². The van der Waals surface area contributed by atoms with Crippen molar-refractivity contribution in [3.63, 3.8) is 0 Å². The molecule has 1 N–H and O–H groups in total. The quantitative estimate of drug-likeness (QED) is 0.666. The van der Waals surface area contributed by atoms with Crippen molar-refractivity contribution in [2.24, 2.45) is 0 Å². The van der Waals surface area contributed by atoms with E-state index in [9.17, 15) is 4.79 Å². The van der Waals surface area contributed by atoms with E-state index in [1.165, 1.54) is 0 Å². The number of aromatic amines is 1. The lowest BCUT2D eigenvalue weighted by atomic mass is 10.0. The van der Waals surface area contributed by atoms with Crippen LogP contribution in [0.4, 0.5) is 0 Å². The van der Waals surface area contributed by atoms with Crippen LogP contribution in [0.2, 0.25) is 5.02 Å². The number of carbonyl (C=O) groups is 1. The number of aromatic nitrogens is 2. The third-order valence-corrected chi connectivity index (χ3v) is 4.62. The molecular weight excluding hydrogens is 368 g/mol. The molecule has 0 unspecified atom stereocenters. The molecule has 6 nitrogen and oxygen atoms in total. The highest BCUT2D eigenvalue weighted by Crippen LogP contribution is 2.37. The summed E-state index contributed by atoms with van der Waals surface area (Å²) in [6.45, 7) is 2.30. The maximum Gasteiger partial charge on any atom is 0.358 e. The second-order valence-corrected chi connectivity index (χ2v) is 6.47. The number of nitrogens with zero attached hydrogens (tertiary/aromatic N) is 1. The SMILES string of the molecule is CCOC(=O)c1cc(-c2ccc(Cc3cc4c(cc3Cl)OCO4)cc2)[nH]n1. The molecule has 0 amide bonds. The molecule has 138 valence electrons. The summed E-state index contributed by atoms with van der Waals surface area (Å²) in [5.41, 5.74) is 4.02. The third kappa shape index (κ3) is 3.61. The first-order valence-electron chi connectivity index (χ1n) is 8.54. The summed E-state index contributed by atoms with van der Waals surface area (Å²) in [7, 11) is 0. The summed E-state index contributed by atoms with van der Waals surface area (Å²) < 4.78 is 15.7. The number of nitrogens with one attached hydrogen (secondary N) is 1. The average Bonchev–Trinajstić information content (AvgIpc) is 3.32. The Hall–Kier alpha value is -2.99. The van der Waals surface area contributed by atoms with Crippen LogP contribution < -0.4 is 9.47 Å². The van der Waals surface area contributed by atoms with Gasteiger partial charge in [-0.15, -0.1) is 0 Å². The molecule has 2 heterocycles. The van der Waals surface area contributed by atoms with Crippen LogP contribution in [-0.4, -0.2) is 29.6 Å². The van der Waals surface area contributed by atoms with Crippen LogP contribution in [0, 0.1) is 0 Å². The number of H-pyrrole nitrogens is 1. The fraction of sp³-hybridized carbons (Fsp3) is 0.200. The predicted molar refractivity (Wildman–Crippen MR) is 100 cm³/mol. The average molecular weight is 385 g/mol. The summed E-state index contributed by atoms with van der Waals surface area (Å²) >= 11 is 6.35. The van der Waals surface area contributed by atoms with Gasteiger partial charge in [-0.1, -0.05) is 35.9 Å². The molecule has 1 aromatic heterocycles. The number of hydrogen-bond donors (Lipinski definition) is 1. The van der Waals surface area contributed by atoms with Gasteiger partial charge >= 0.3 is 5.97 Å². The molecule has 7 heteroatoms. The zero-order valence-electron chi connectivity index (χ0n) is 14.6. The number of esters is 1. The van der Waals surface area contributed by atoms with E-state index < -0.39 is 5.97 Å². The van der Waals surface area contributed by atoms with E-state index in [1.54, 1.807) is 19.1 Å². The van der Waals surface area contributed by atoms with Gasteiger partial charge in [0.05, 0.1) is 12.3 Å². The van der Waals surface area contributed by atoms with E-state index in [0.717, 1.165) is 28.1 Å². The minimum Gasteiger partial charge on any atom is -0.461 e. The van der Waals surface area contributed by atoms with Crippen LogP contribution in [0.5, 0.6) is 11.5 Å². The van der Waals surface area contributed by atoms with Gasteiger partial charge in [-0.3, -0.25) is 5.10 Å². The molecule has 4 rings (SSSR count). The van der Waals surface area contributed by atoms with Crippen LogP contribution in [0.25, 0.3) is 11.3 Å². The van der Waals surface area contributed by atoms with E-state index in [-0.39, 0.29) is 12.5 Å². The zero-order chi connectivity index (χ0) is 18.8. The molecule has 1 aliphatic heterocycles. The van der Waals surface area contributed by atoms with Crippen LogP contribution in [-0.2, 0) is 11.2 Å². The second kappa shape index (κ2) is 7.32. The Balaban J connectivity index is 1.51. The van der Waals surface area contributed by atoms with E-state index >= 15 is 0 Å². The van der Waals surface area contributed by atoms with E-state index in [0.29, 0.717) is 23.8 Å². The van der Waals surface area contributed by atoms with Gasteiger partial charge in [-0.25, -0.2) is 4.79 Å². The number of rotatable bonds is 5. The highest BCUT2D eigenvalue weighted by Gasteiger charge is 2.17. The highest BCUT2D eigenvalue weighted by molar-refractivity contribution is 6.31. The first-order valence-corrected chi connectivity index (χ1v) is 8.91. The smallest absolute Gasteiger partial charge is 0.358 e. The van der Waals surface area contributed by atoms with Gasteiger partial charge in [-0.2, -0.15) is 5.10 Å². The molecule has 0 atom stereocenters. The van der Waals surface area contributed by atoms with Crippen LogP contribution in [0.15, 0.2) is 42.5 Å². The Kier molecular flexibility index (Phi) is 4.73. The Morgan fingerprint density at radius 1 is 1.19 bits per heavy atom. The molecular formula is C20H17ClN2O4. The van der Waals surface area contributed by atoms with Gasteiger partial charge in [-0.05, 0) is 42.2 Å². The third-order valence-electron chi connectivity index (χ3n) is 4.26. The lowest BCUT2D eigenvalue weighted by molar-refractivity contribution is 0.0519. The van der Waals surface area contributed by atoms with Crippen molar-refractivity contribution in [1.29, 1.82) is 0 Å². The first-order chi connectivity index (χ1) is 13.1. The lowest BCUT2D eigenvalue weighted by Crippen LogP contribution is -2.04. The molecule has 0 spiro atoms. The fourth-order valence-electron chi connectivity index (χ4n) is 2.90. The van der Waals surface area contributed by atoms with Crippen molar-refractivity contribution in [2.75, 3.05) is 13.4 Å². The Labute approximate surface area is 161 Å². The summed E-state index contributed by atoms with van der Waals surface area (Å²) in [6.07, 6.45) is 0.673. The summed E-state index contributed by atoms with van der Waals surface area (Å²) in [6, 6.07) is 13.4. The number of ether oxygens (including phenoxy) is 3. The normalized spacial score (nSPS) is 12.2. The minimum absolute atomic E-state index is 0.224. The Morgan fingerprint density at radius 3 is 2.67 bits per heavy atom. The highest BCUT2D eigenvalue weighted by atomic mass is 35.5.